The Hall–Kier alpha value is -1.60. The SMILES string of the molecule is CN1CCC(Nc2ccc(F)cc2C#N)C1. The van der Waals surface area contributed by atoms with Gasteiger partial charge in [-0.3, -0.25) is 0 Å². The first kappa shape index (κ1) is 10.9. The summed E-state index contributed by atoms with van der Waals surface area (Å²) in [6, 6.07) is 6.63. The van der Waals surface area contributed by atoms with Gasteiger partial charge < -0.3 is 10.2 Å². The minimum absolute atomic E-state index is 0.350. The molecule has 0 aliphatic carbocycles. The van der Waals surface area contributed by atoms with Gasteiger partial charge >= 0.3 is 0 Å². The number of likely N-dealkylation sites (tertiary alicyclic amines) is 1. The molecule has 0 aromatic heterocycles. The molecule has 1 heterocycles. The predicted octanol–water partition coefficient (Wildman–Crippen LogP) is 1.81. The van der Waals surface area contributed by atoms with Crippen molar-refractivity contribution in [2.24, 2.45) is 0 Å². The van der Waals surface area contributed by atoms with Gasteiger partial charge in [0.1, 0.15) is 11.9 Å². The number of likely N-dealkylation sites (N-methyl/N-ethyl adjacent to an activating group) is 1. The third-order valence-electron chi connectivity index (χ3n) is 2.85. The summed E-state index contributed by atoms with van der Waals surface area (Å²) >= 11 is 0. The second kappa shape index (κ2) is 4.50. The molecular weight excluding hydrogens is 205 g/mol. The maximum atomic E-state index is 12.9. The molecule has 1 aliphatic heterocycles. The highest BCUT2D eigenvalue weighted by Gasteiger charge is 2.19. The van der Waals surface area contributed by atoms with E-state index in [1.807, 2.05) is 6.07 Å². The molecule has 3 nitrogen and oxygen atoms in total. The molecule has 1 aromatic rings. The van der Waals surface area contributed by atoms with E-state index in [1.165, 1.54) is 12.1 Å². The van der Waals surface area contributed by atoms with Crippen LogP contribution in [0.1, 0.15) is 12.0 Å². The van der Waals surface area contributed by atoms with Crippen LogP contribution in [0, 0.1) is 17.1 Å². The Morgan fingerprint density at radius 1 is 1.56 bits per heavy atom. The fraction of sp³-hybridized carbons (Fsp3) is 0.417. The fourth-order valence-electron chi connectivity index (χ4n) is 2.01. The van der Waals surface area contributed by atoms with Crippen molar-refractivity contribution in [3.63, 3.8) is 0 Å². The molecule has 0 bridgehead atoms. The largest absolute Gasteiger partial charge is 0.380 e. The Kier molecular flexibility index (Phi) is 3.07. The summed E-state index contributed by atoms with van der Waals surface area (Å²) < 4.78 is 12.9. The van der Waals surface area contributed by atoms with Crippen molar-refractivity contribution in [3.05, 3.63) is 29.6 Å². The van der Waals surface area contributed by atoms with Crippen LogP contribution in [0.2, 0.25) is 0 Å². The monoisotopic (exact) mass is 219 g/mol. The molecule has 0 saturated carbocycles. The van der Waals surface area contributed by atoms with Crippen molar-refractivity contribution >= 4 is 5.69 Å². The van der Waals surface area contributed by atoms with E-state index >= 15 is 0 Å². The van der Waals surface area contributed by atoms with E-state index in [0.29, 0.717) is 11.6 Å². The molecule has 1 saturated heterocycles. The number of hydrogen-bond acceptors (Lipinski definition) is 3. The highest BCUT2D eigenvalue weighted by molar-refractivity contribution is 5.58. The smallest absolute Gasteiger partial charge is 0.124 e. The summed E-state index contributed by atoms with van der Waals surface area (Å²) in [6.45, 7) is 2.02. The van der Waals surface area contributed by atoms with Crippen LogP contribution >= 0.6 is 0 Å². The first-order chi connectivity index (χ1) is 7.69. The van der Waals surface area contributed by atoms with Gasteiger partial charge in [0.2, 0.25) is 0 Å². The van der Waals surface area contributed by atoms with Gasteiger partial charge in [-0.05, 0) is 38.2 Å². The summed E-state index contributed by atoms with van der Waals surface area (Å²) in [5, 5.41) is 12.2. The third kappa shape index (κ3) is 2.31. The highest BCUT2D eigenvalue weighted by Crippen LogP contribution is 2.19. The molecule has 0 radical (unpaired) electrons. The van der Waals surface area contributed by atoms with Crippen LogP contribution in [0.25, 0.3) is 0 Å². The Bertz CT molecular complexity index is 425. The van der Waals surface area contributed by atoms with E-state index in [0.717, 1.165) is 25.2 Å². The van der Waals surface area contributed by atoms with Gasteiger partial charge in [0.05, 0.1) is 11.3 Å². The lowest BCUT2D eigenvalue weighted by Crippen LogP contribution is -2.23. The summed E-state index contributed by atoms with van der Waals surface area (Å²) in [4.78, 5) is 2.23. The first-order valence-electron chi connectivity index (χ1n) is 5.34. The summed E-state index contributed by atoms with van der Waals surface area (Å²) in [6.07, 6.45) is 1.05. The number of anilines is 1. The van der Waals surface area contributed by atoms with E-state index in [9.17, 15) is 4.39 Å². The quantitative estimate of drug-likeness (QED) is 0.824. The lowest BCUT2D eigenvalue weighted by molar-refractivity contribution is 0.414. The molecule has 1 unspecified atom stereocenters. The van der Waals surface area contributed by atoms with Crippen molar-refractivity contribution in [2.75, 3.05) is 25.5 Å². The Balaban J connectivity index is 2.12. The lowest BCUT2D eigenvalue weighted by Gasteiger charge is -2.15. The Labute approximate surface area is 94.5 Å². The van der Waals surface area contributed by atoms with E-state index in [4.69, 9.17) is 5.26 Å². The molecule has 1 N–H and O–H groups in total. The lowest BCUT2D eigenvalue weighted by atomic mass is 10.1. The zero-order chi connectivity index (χ0) is 11.5. The fourth-order valence-corrected chi connectivity index (χ4v) is 2.01. The molecule has 4 heteroatoms. The van der Waals surface area contributed by atoms with E-state index in [-0.39, 0.29) is 5.82 Å². The Morgan fingerprint density at radius 3 is 3.00 bits per heavy atom. The minimum atomic E-state index is -0.370. The van der Waals surface area contributed by atoms with E-state index < -0.39 is 0 Å². The standard InChI is InChI=1S/C12H14FN3/c1-16-5-4-11(8-16)15-12-3-2-10(13)6-9(12)7-14/h2-3,6,11,15H,4-5,8H2,1H3. The van der Waals surface area contributed by atoms with Crippen LogP contribution in [0.4, 0.5) is 10.1 Å². The van der Waals surface area contributed by atoms with Gasteiger partial charge in [0, 0.05) is 12.6 Å². The number of nitriles is 1. The molecule has 2 rings (SSSR count). The summed E-state index contributed by atoms with van der Waals surface area (Å²) in [7, 11) is 2.07. The van der Waals surface area contributed by atoms with E-state index in [2.05, 4.69) is 17.3 Å². The third-order valence-corrected chi connectivity index (χ3v) is 2.85. The van der Waals surface area contributed by atoms with Crippen molar-refractivity contribution < 1.29 is 4.39 Å². The molecule has 1 aliphatic rings. The first-order valence-corrected chi connectivity index (χ1v) is 5.34. The van der Waals surface area contributed by atoms with Gasteiger partial charge in [-0.1, -0.05) is 0 Å². The number of nitrogens with zero attached hydrogens (tertiary/aromatic N) is 2. The number of halogens is 1. The van der Waals surface area contributed by atoms with Crippen LogP contribution in [0.15, 0.2) is 18.2 Å². The maximum Gasteiger partial charge on any atom is 0.124 e. The zero-order valence-electron chi connectivity index (χ0n) is 9.20. The second-order valence-corrected chi connectivity index (χ2v) is 4.19. The molecule has 1 fully saturated rings. The average Bonchev–Trinajstić information content (AvgIpc) is 2.67. The number of benzene rings is 1. The van der Waals surface area contributed by atoms with Gasteiger partial charge in [-0.25, -0.2) is 4.39 Å². The zero-order valence-corrected chi connectivity index (χ0v) is 9.20. The molecule has 0 spiro atoms. The van der Waals surface area contributed by atoms with Crippen LogP contribution in [-0.2, 0) is 0 Å². The van der Waals surface area contributed by atoms with Gasteiger partial charge in [0.25, 0.3) is 0 Å². The molecule has 1 atom stereocenters. The molecule has 84 valence electrons. The Morgan fingerprint density at radius 2 is 2.38 bits per heavy atom. The molecule has 0 amide bonds. The van der Waals surface area contributed by atoms with Crippen molar-refractivity contribution in [1.29, 1.82) is 5.26 Å². The van der Waals surface area contributed by atoms with Crippen LogP contribution in [-0.4, -0.2) is 31.1 Å². The van der Waals surface area contributed by atoms with Crippen molar-refractivity contribution in [3.8, 4) is 6.07 Å². The topological polar surface area (TPSA) is 39.1 Å². The van der Waals surface area contributed by atoms with Gasteiger partial charge in [-0.15, -0.1) is 0 Å². The predicted molar refractivity (Wildman–Crippen MR) is 60.6 cm³/mol. The number of nitrogens with one attached hydrogen (secondary N) is 1. The minimum Gasteiger partial charge on any atom is -0.380 e. The maximum absolute atomic E-state index is 12.9. The van der Waals surface area contributed by atoms with Crippen molar-refractivity contribution in [1.82, 2.24) is 4.90 Å². The summed E-state index contributed by atoms with van der Waals surface area (Å²) in [5.74, 6) is -0.370. The van der Waals surface area contributed by atoms with Crippen LogP contribution in [0.3, 0.4) is 0 Å². The molecule has 1 aromatic carbocycles. The van der Waals surface area contributed by atoms with Crippen LogP contribution < -0.4 is 5.32 Å². The van der Waals surface area contributed by atoms with Crippen LogP contribution in [0.5, 0.6) is 0 Å². The van der Waals surface area contributed by atoms with E-state index in [1.54, 1.807) is 6.07 Å². The molecular formula is C12H14FN3. The average molecular weight is 219 g/mol. The number of rotatable bonds is 2. The van der Waals surface area contributed by atoms with Gasteiger partial charge in [-0.2, -0.15) is 5.26 Å². The highest BCUT2D eigenvalue weighted by atomic mass is 19.1. The normalized spacial score (nSPS) is 20.7. The van der Waals surface area contributed by atoms with Gasteiger partial charge in [0.15, 0.2) is 0 Å². The summed E-state index contributed by atoms with van der Waals surface area (Å²) in [5.41, 5.74) is 1.10. The van der Waals surface area contributed by atoms with Crippen molar-refractivity contribution in [2.45, 2.75) is 12.5 Å². The second-order valence-electron chi connectivity index (χ2n) is 4.19. The molecule has 16 heavy (non-hydrogen) atoms. The number of hydrogen-bond donors (Lipinski definition) is 1.